The number of rotatable bonds is 2. The maximum atomic E-state index is 12.6. The summed E-state index contributed by atoms with van der Waals surface area (Å²) >= 11 is 1.16. The molecule has 1 aliphatic heterocycles. The molecular formula is C13H12N6OS. The van der Waals surface area contributed by atoms with Crippen LogP contribution < -0.4 is 0 Å². The van der Waals surface area contributed by atoms with E-state index in [9.17, 15) is 4.79 Å². The number of amides is 1. The SMILES string of the molecule is O=C(c1ccc2nsnc2c1)N1CC[C@@H](n2ccnn2)C1. The summed E-state index contributed by atoms with van der Waals surface area (Å²) in [5, 5.41) is 7.83. The number of hydrogen-bond acceptors (Lipinski definition) is 6. The van der Waals surface area contributed by atoms with Gasteiger partial charge < -0.3 is 4.90 Å². The Morgan fingerprint density at radius 3 is 3.05 bits per heavy atom. The fraction of sp³-hybridized carbons (Fsp3) is 0.308. The van der Waals surface area contributed by atoms with Crippen molar-refractivity contribution in [2.45, 2.75) is 12.5 Å². The van der Waals surface area contributed by atoms with Crippen LogP contribution in [0.4, 0.5) is 0 Å². The highest BCUT2D eigenvalue weighted by molar-refractivity contribution is 7.00. The molecule has 1 saturated heterocycles. The predicted molar refractivity (Wildman–Crippen MR) is 77.0 cm³/mol. The molecule has 1 fully saturated rings. The van der Waals surface area contributed by atoms with Crippen molar-refractivity contribution in [2.24, 2.45) is 0 Å². The number of hydrogen-bond donors (Lipinski definition) is 0. The first-order chi connectivity index (χ1) is 10.3. The molecule has 0 radical (unpaired) electrons. The molecule has 2 aromatic heterocycles. The fourth-order valence-corrected chi connectivity index (χ4v) is 3.17. The summed E-state index contributed by atoms with van der Waals surface area (Å²) in [4.78, 5) is 14.4. The summed E-state index contributed by atoms with van der Waals surface area (Å²) in [6, 6.07) is 5.68. The average Bonchev–Trinajstić information content (AvgIpc) is 3.24. The van der Waals surface area contributed by atoms with Crippen molar-refractivity contribution >= 4 is 28.7 Å². The lowest BCUT2D eigenvalue weighted by Gasteiger charge is -2.16. The van der Waals surface area contributed by atoms with Crippen LogP contribution in [0.5, 0.6) is 0 Å². The molecule has 21 heavy (non-hydrogen) atoms. The summed E-state index contributed by atoms with van der Waals surface area (Å²) < 4.78 is 10.2. The Morgan fingerprint density at radius 2 is 2.19 bits per heavy atom. The number of aromatic nitrogens is 5. The molecule has 1 amide bonds. The summed E-state index contributed by atoms with van der Waals surface area (Å²) in [6.45, 7) is 1.40. The molecule has 7 nitrogen and oxygen atoms in total. The number of nitrogens with zero attached hydrogens (tertiary/aromatic N) is 6. The van der Waals surface area contributed by atoms with Crippen LogP contribution in [0.2, 0.25) is 0 Å². The highest BCUT2D eigenvalue weighted by atomic mass is 32.1. The van der Waals surface area contributed by atoms with Crippen LogP contribution in [0.25, 0.3) is 11.0 Å². The summed E-state index contributed by atoms with van der Waals surface area (Å²) in [7, 11) is 0. The number of carbonyl (C=O) groups excluding carboxylic acids is 1. The Balaban J connectivity index is 1.55. The van der Waals surface area contributed by atoms with Gasteiger partial charge in [0.05, 0.1) is 24.0 Å². The van der Waals surface area contributed by atoms with Crippen LogP contribution >= 0.6 is 11.7 Å². The van der Waals surface area contributed by atoms with Crippen molar-refractivity contribution in [3.05, 3.63) is 36.2 Å². The van der Waals surface area contributed by atoms with Crippen molar-refractivity contribution in [1.82, 2.24) is 28.6 Å². The van der Waals surface area contributed by atoms with Crippen molar-refractivity contribution < 1.29 is 4.79 Å². The standard InChI is InChI=1S/C13H12N6OS/c20-13(9-1-2-11-12(7-9)16-21-15-11)18-5-3-10(8-18)19-6-4-14-17-19/h1-2,4,6-7,10H,3,5,8H2/t10-/m1/s1. The molecule has 0 saturated carbocycles. The molecule has 0 aliphatic carbocycles. The molecule has 1 atom stereocenters. The summed E-state index contributed by atoms with van der Waals surface area (Å²) in [5.41, 5.74) is 2.27. The number of fused-ring (bicyclic) bond motifs is 1. The Bertz CT molecular complexity index is 783. The second kappa shape index (κ2) is 4.88. The van der Waals surface area contributed by atoms with Gasteiger partial charge in [-0.2, -0.15) is 8.75 Å². The van der Waals surface area contributed by atoms with Crippen LogP contribution in [0.1, 0.15) is 22.8 Å². The van der Waals surface area contributed by atoms with Crippen LogP contribution in [0.3, 0.4) is 0 Å². The first-order valence-electron chi connectivity index (χ1n) is 6.69. The van der Waals surface area contributed by atoms with Crippen molar-refractivity contribution in [3.8, 4) is 0 Å². The van der Waals surface area contributed by atoms with E-state index >= 15 is 0 Å². The topological polar surface area (TPSA) is 76.8 Å². The Hall–Kier alpha value is -2.35. The molecule has 3 heterocycles. The monoisotopic (exact) mass is 300 g/mol. The minimum absolute atomic E-state index is 0.0347. The third-order valence-corrected chi connectivity index (χ3v) is 4.32. The third-order valence-electron chi connectivity index (χ3n) is 3.77. The Kier molecular flexibility index (Phi) is 2.88. The van der Waals surface area contributed by atoms with Gasteiger partial charge in [0.2, 0.25) is 0 Å². The van der Waals surface area contributed by atoms with E-state index in [1.165, 1.54) is 0 Å². The quantitative estimate of drug-likeness (QED) is 0.714. The van der Waals surface area contributed by atoms with E-state index in [2.05, 4.69) is 19.1 Å². The lowest BCUT2D eigenvalue weighted by molar-refractivity contribution is 0.0787. The summed E-state index contributed by atoms with van der Waals surface area (Å²) in [5.74, 6) is 0.0347. The lowest BCUT2D eigenvalue weighted by atomic mass is 10.2. The summed E-state index contributed by atoms with van der Waals surface area (Å²) in [6.07, 6.45) is 4.40. The van der Waals surface area contributed by atoms with Gasteiger partial charge >= 0.3 is 0 Å². The normalized spacial score (nSPS) is 18.5. The van der Waals surface area contributed by atoms with Crippen LogP contribution in [0.15, 0.2) is 30.6 Å². The van der Waals surface area contributed by atoms with Gasteiger partial charge in [0.25, 0.3) is 5.91 Å². The van der Waals surface area contributed by atoms with Crippen LogP contribution in [-0.2, 0) is 0 Å². The number of likely N-dealkylation sites (tertiary alicyclic amines) is 1. The maximum Gasteiger partial charge on any atom is 0.254 e. The maximum absolute atomic E-state index is 12.6. The zero-order valence-electron chi connectivity index (χ0n) is 11.1. The average molecular weight is 300 g/mol. The third kappa shape index (κ3) is 2.17. The Labute approximate surface area is 124 Å². The Morgan fingerprint density at radius 1 is 1.29 bits per heavy atom. The molecule has 0 bridgehead atoms. The fourth-order valence-electron chi connectivity index (χ4n) is 2.65. The molecule has 4 rings (SSSR count). The second-order valence-electron chi connectivity index (χ2n) is 5.04. The van der Waals surface area contributed by atoms with E-state index in [0.717, 1.165) is 35.7 Å². The number of benzene rings is 1. The van der Waals surface area contributed by atoms with Crippen LogP contribution in [0, 0.1) is 0 Å². The molecule has 0 N–H and O–H groups in total. The molecule has 8 heteroatoms. The largest absolute Gasteiger partial charge is 0.336 e. The molecule has 0 spiro atoms. The second-order valence-corrected chi connectivity index (χ2v) is 5.57. The van der Waals surface area contributed by atoms with Gasteiger partial charge in [-0.25, -0.2) is 4.68 Å². The molecule has 1 aliphatic rings. The number of carbonyl (C=O) groups is 1. The minimum atomic E-state index is 0.0347. The van der Waals surface area contributed by atoms with Gasteiger partial charge in [-0.1, -0.05) is 5.21 Å². The van der Waals surface area contributed by atoms with Gasteiger partial charge in [-0.3, -0.25) is 4.79 Å². The molecule has 106 valence electrons. The lowest BCUT2D eigenvalue weighted by Crippen LogP contribution is -2.29. The zero-order valence-corrected chi connectivity index (χ0v) is 11.9. The van der Waals surface area contributed by atoms with E-state index in [1.54, 1.807) is 6.20 Å². The van der Waals surface area contributed by atoms with Gasteiger partial charge in [-0.15, -0.1) is 5.10 Å². The van der Waals surface area contributed by atoms with E-state index in [-0.39, 0.29) is 11.9 Å². The molecule has 0 unspecified atom stereocenters. The van der Waals surface area contributed by atoms with Crippen LogP contribution in [-0.4, -0.2) is 47.6 Å². The zero-order chi connectivity index (χ0) is 14.2. The predicted octanol–water partition coefficient (Wildman–Crippen LogP) is 1.37. The molecular weight excluding hydrogens is 288 g/mol. The van der Waals surface area contributed by atoms with Gasteiger partial charge in [0, 0.05) is 24.8 Å². The molecule has 3 aromatic rings. The van der Waals surface area contributed by atoms with Crippen molar-refractivity contribution in [2.75, 3.05) is 13.1 Å². The van der Waals surface area contributed by atoms with Crippen molar-refractivity contribution in [1.29, 1.82) is 0 Å². The van der Waals surface area contributed by atoms with E-state index in [4.69, 9.17) is 0 Å². The van der Waals surface area contributed by atoms with Crippen molar-refractivity contribution in [3.63, 3.8) is 0 Å². The van der Waals surface area contributed by atoms with E-state index in [1.807, 2.05) is 34.0 Å². The first kappa shape index (κ1) is 12.4. The van der Waals surface area contributed by atoms with Gasteiger partial charge in [0.1, 0.15) is 11.0 Å². The van der Waals surface area contributed by atoms with E-state index < -0.39 is 0 Å². The highest BCUT2D eigenvalue weighted by Crippen LogP contribution is 2.23. The molecule has 1 aromatic carbocycles. The smallest absolute Gasteiger partial charge is 0.254 e. The van der Waals surface area contributed by atoms with Gasteiger partial charge in [0.15, 0.2) is 0 Å². The first-order valence-corrected chi connectivity index (χ1v) is 7.42. The highest BCUT2D eigenvalue weighted by Gasteiger charge is 2.28. The minimum Gasteiger partial charge on any atom is -0.336 e. The van der Waals surface area contributed by atoms with Gasteiger partial charge in [-0.05, 0) is 24.6 Å². The van der Waals surface area contributed by atoms with E-state index in [0.29, 0.717) is 12.1 Å².